The van der Waals surface area contributed by atoms with E-state index in [2.05, 4.69) is 57.6 Å². The number of halogens is 3. The Labute approximate surface area is 235 Å². The molecule has 0 saturated heterocycles. The Morgan fingerprint density at radius 2 is 1.18 bits per heavy atom. The zero-order chi connectivity index (χ0) is 27.4. The monoisotopic (exact) mass is 581 g/mol. The molecule has 0 aliphatic heterocycles. The lowest BCUT2D eigenvalue weighted by Gasteiger charge is -2.38. The van der Waals surface area contributed by atoms with E-state index in [9.17, 15) is 8.78 Å². The second-order valence-corrected chi connectivity index (χ2v) is 10.2. The molecule has 0 radical (unpaired) electrons. The summed E-state index contributed by atoms with van der Waals surface area (Å²) in [4.78, 5) is 0. The van der Waals surface area contributed by atoms with Crippen molar-refractivity contribution in [1.82, 2.24) is 0 Å². The maximum atomic E-state index is 13.9. The molecule has 0 bridgehead atoms. The highest BCUT2D eigenvalue weighted by Gasteiger charge is 2.37. The fourth-order valence-corrected chi connectivity index (χ4v) is 5.48. The number of benzene rings is 5. The van der Waals surface area contributed by atoms with E-state index in [0.717, 1.165) is 32.8 Å². The van der Waals surface area contributed by atoms with Gasteiger partial charge in [-0.05, 0) is 58.5 Å². The van der Waals surface area contributed by atoms with Gasteiger partial charge >= 0.3 is 0 Å². The minimum Gasteiger partial charge on any atom is -0.384 e. The Hall–Kier alpha value is -4.29. The first-order valence-electron chi connectivity index (χ1n) is 12.4. The molecular formula is C33H26BrF2N3. The van der Waals surface area contributed by atoms with Gasteiger partial charge in [-0.1, -0.05) is 107 Å². The SMILES string of the molecule is N=C(N)c1cc(Cc2cc(F)cc(F)c2)c(Br)cc1NC(c1ccccc1)(c1ccccc1)c1ccccc1. The molecule has 6 heteroatoms. The van der Waals surface area contributed by atoms with E-state index in [1.165, 1.54) is 12.1 Å². The molecule has 0 saturated carbocycles. The van der Waals surface area contributed by atoms with Gasteiger partial charge in [0.1, 0.15) is 23.0 Å². The number of amidine groups is 1. The fraction of sp³-hybridized carbons (Fsp3) is 0.0606. The summed E-state index contributed by atoms with van der Waals surface area (Å²) in [5.41, 5.74) is 10.7. The minimum atomic E-state index is -0.819. The van der Waals surface area contributed by atoms with Crippen LogP contribution in [0.5, 0.6) is 0 Å². The Kier molecular flexibility index (Phi) is 7.57. The van der Waals surface area contributed by atoms with Gasteiger partial charge in [-0.15, -0.1) is 0 Å². The molecule has 0 unspecified atom stereocenters. The number of nitrogen functional groups attached to an aromatic ring is 1. The van der Waals surface area contributed by atoms with Gasteiger partial charge in [-0.3, -0.25) is 5.41 Å². The molecule has 0 atom stereocenters. The van der Waals surface area contributed by atoms with Crippen LogP contribution in [0.2, 0.25) is 0 Å². The van der Waals surface area contributed by atoms with Crippen molar-refractivity contribution in [3.05, 3.63) is 171 Å². The first-order chi connectivity index (χ1) is 18.9. The lowest BCUT2D eigenvalue weighted by atomic mass is 9.76. The summed E-state index contributed by atoms with van der Waals surface area (Å²) in [5, 5.41) is 12.2. The van der Waals surface area contributed by atoms with Crippen LogP contribution in [0.25, 0.3) is 0 Å². The summed E-state index contributed by atoms with van der Waals surface area (Å²) in [6.45, 7) is 0. The third kappa shape index (κ3) is 5.47. The summed E-state index contributed by atoms with van der Waals surface area (Å²) < 4.78 is 28.4. The van der Waals surface area contributed by atoms with E-state index in [4.69, 9.17) is 11.1 Å². The van der Waals surface area contributed by atoms with Crippen molar-refractivity contribution in [2.45, 2.75) is 12.0 Å². The van der Waals surface area contributed by atoms with Crippen LogP contribution in [0.3, 0.4) is 0 Å². The van der Waals surface area contributed by atoms with E-state index in [1.807, 2.05) is 60.7 Å². The molecule has 0 spiro atoms. The van der Waals surface area contributed by atoms with Gasteiger partial charge in [-0.2, -0.15) is 0 Å². The molecule has 39 heavy (non-hydrogen) atoms. The molecule has 5 rings (SSSR count). The van der Waals surface area contributed by atoms with Crippen LogP contribution >= 0.6 is 15.9 Å². The smallest absolute Gasteiger partial charge is 0.126 e. The van der Waals surface area contributed by atoms with Crippen LogP contribution in [-0.4, -0.2) is 5.84 Å². The van der Waals surface area contributed by atoms with Crippen LogP contribution in [0.1, 0.15) is 33.4 Å². The number of anilines is 1. The Balaban J connectivity index is 1.69. The minimum absolute atomic E-state index is 0.125. The number of nitrogens with two attached hydrogens (primary N) is 1. The lowest BCUT2D eigenvalue weighted by Crippen LogP contribution is -2.38. The van der Waals surface area contributed by atoms with Crippen LogP contribution < -0.4 is 11.1 Å². The van der Waals surface area contributed by atoms with Crippen LogP contribution in [-0.2, 0) is 12.0 Å². The molecule has 0 aliphatic carbocycles. The molecule has 0 aliphatic rings. The zero-order valence-electron chi connectivity index (χ0n) is 21.0. The largest absolute Gasteiger partial charge is 0.384 e. The van der Waals surface area contributed by atoms with Crippen LogP contribution in [0.4, 0.5) is 14.5 Å². The van der Waals surface area contributed by atoms with E-state index in [1.54, 1.807) is 6.07 Å². The van der Waals surface area contributed by atoms with Crippen molar-refractivity contribution in [3.8, 4) is 0 Å². The molecular weight excluding hydrogens is 556 g/mol. The van der Waals surface area contributed by atoms with Gasteiger partial charge in [0.25, 0.3) is 0 Å². The van der Waals surface area contributed by atoms with Crippen molar-refractivity contribution < 1.29 is 8.78 Å². The maximum Gasteiger partial charge on any atom is 0.126 e. The van der Waals surface area contributed by atoms with Crippen molar-refractivity contribution in [2.24, 2.45) is 5.73 Å². The van der Waals surface area contributed by atoms with Gasteiger partial charge in [0, 0.05) is 21.8 Å². The van der Waals surface area contributed by atoms with Crippen LogP contribution in [0, 0.1) is 17.0 Å². The molecule has 0 heterocycles. The topological polar surface area (TPSA) is 61.9 Å². The molecule has 5 aromatic rings. The van der Waals surface area contributed by atoms with E-state index >= 15 is 0 Å². The van der Waals surface area contributed by atoms with Gasteiger partial charge < -0.3 is 11.1 Å². The molecule has 4 N–H and O–H groups in total. The fourth-order valence-electron chi connectivity index (χ4n) is 5.00. The highest BCUT2D eigenvalue weighted by molar-refractivity contribution is 9.10. The second kappa shape index (κ2) is 11.2. The number of nitrogens with one attached hydrogen (secondary N) is 2. The van der Waals surface area contributed by atoms with E-state index in [0.29, 0.717) is 16.8 Å². The maximum absolute atomic E-state index is 13.9. The Morgan fingerprint density at radius 3 is 1.62 bits per heavy atom. The Bertz CT molecular complexity index is 1490. The molecule has 3 nitrogen and oxygen atoms in total. The predicted octanol–water partition coefficient (Wildman–Crippen LogP) is 8.01. The third-order valence-corrected chi connectivity index (χ3v) is 7.47. The average Bonchev–Trinajstić information content (AvgIpc) is 2.94. The quantitative estimate of drug-likeness (QED) is 0.0987. The molecule has 0 aromatic heterocycles. The van der Waals surface area contributed by atoms with Crippen molar-refractivity contribution in [1.29, 1.82) is 5.41 Å². The third-order valence-electron chi connectivity index (χ3n) is 6.74. The van der Waals surface area contributed by atoms with E-state index < -0.39 is 17.2 Å². The highest BCUT2D eigenvalue weighted by Crippen LogP contribution is 2.41. The normalized spacial score (nSPS) is 11.3. The first-order valence-corrected chi connectivity index (χ1v) is 13.2. The van der Waals surface area contributed by atoms with E-state index in [-0.39, 0.29) is 12.3 Å². The number of rotatable bonds is 8. The summed E-state index contributed by atoms with van der Waals surface area (Å²) in [6.07, 6.45) is 0.261. The molecule has 194 valence electrons. The molecule has 0 fully saturated rings. The zero-order valence-corrected chi connectivity index (χ0v) is 22.6. The predicted molar refractivity (Wildman–Crippen MR) is 157 cm³/mol. The van der Waals surface area contributed by atoms with Gasteiger partial charge in [0.15, 0.2) is 0 Å². The number of hydrogen-bond acceptors (Lipinski definition) is 2. The van der Waals surface area contributed by atoms with Crippen molar-refractivity contribution in [3.63, 3.8) is 0 Å². The first kappa shape index (κ1) is 26.3. The summed E-state index contributed by atoms with van der Waals surface area (Å²) in [5.74, 6) is -1.39. The standard InChI is InChI=1S/C33H26BrF2N3/c34-30-21-31(29(32(37)38)19-23(30)16-22-17-27(35)20-28(36)18-22)39-33(24-10-4-1-5-11-24,25-12-6-2-7-13-25)26-14-8-3-9-15-26/h1-15,17-21,39H,16H2,(H3,37,38). The van der Waals surface area contributed by atoms with Crippen molar-refractivity contribution >= 4 is 27.5 Å². The number of hydrogen-bond donors (Lipinski definition) is 3. The second-order valence-electron chi connectivity index (χ2n) is 9.33. The summed E-state index contributed by atoms with van der Waals surface area (Å²) in [6, 6.07) is 37.5. The van der Waals surface area contributed by atoms with Crippen molar-refractivity contribution in [2.75, 3.05) is 5.32 Å². The van der Waals surface area contributed by atoms with Gasteiger partial charge in [-0.25, -0.2) is 8.78 Å². The van der Waals surface area contributed by atoms with Gasteiger partial charge in [0.2, 0.25) is 0 Å². The summed E-state index contributed by atoms with van der Waals surface area (Å²) >= 11 is 3.66. The summed E-state index contributed by atoms with van der Waals surface area (Å²) in [7, 11) is 0. The van der Waals surface area contributed by atoms with Gasteiger partial charge in [0.05, 0.1) is 0 Å². The average molecular weight is 582 g/mol. The van der Waals surface area contributed by atoms with Crippen LogP contribution in [0.15, 0.2) is 126 Å². The molecule has 5 aromatic carbocycles. The Morgan fingerprint density at radius 1 is 0.718 bits per heavy atom. The lowest BCUT2D eigenvalue weighted by molar-refractivity contribution is 0.580. The highest BCUT2D eigenvalue weighted by atomic mass is 79.9. The molecule has 0 amide bonds.